The molecule has 1 amide bonds. The smallest absolute Gasteiger partial charge is 0.231 e. The summed E-state index contributed by atoms with van der Waals surface area (Å²) in [6, 6.07) is 13.5. The summed E-state index contributed by atoms with van der Waals surface area (Å²) in [5.41, 5.74) is 3.89. The Morgan fingerprint density at radius 2 is 2.00 bits per heavy atom. The Morgan fingerprint density at radius 3 is 2.91 bits per heavy atom. The lowest BCUT2D eigenvalue weighted by Gasteiger charge is -2.06. The van der Waals surface area contributed by atoms with Gasteiger partial charge in [-0.2, -0.15) is 0 Å². The molecule has 0 radical (unpaired) electrons. The normalized spacial score (nSPS) is 12.6. The summed E-state index contributed by atoms with van der Waals surface area (Å²) in [5, 5.41) is 4.01. The van der Waals surface area contributed by atoms with Crippen LogP contribution < -0.4 is 14.8 Å². The zero-order chi connectivity index (χ0) is 15.8. The molecule has 2 N–H and O–H groups in total. The van der Waals surface area contributed by atoms with Gasteiger partial charge in [-0.1, -0.05) is 6.07 Å². The van der Waals surface area contributed by atoms with Gasteiger partial charge >= 0.3 is 0 Å². The number of benzene rings is 2. The summed E-state index contributed by atoms with van der Waals surface area (Å²) in [6.45, 7) is 2.24. The number of ether oxygens (including phenoxy) is 2. The summed E-state index contributed by atoms with van der Waals surface area (Å²) >= 11 is 0. The third-order valence-corrected chi connectivity index (χ3v) is 3.84. The van der Waals surface area contributed by atoms with Crippen LogP contribution in [0.3, 0.4) is 0 Å². The van der Waals surface area contributed by atoms with Crippen LogP contribution in [0, 0.1) is 6.92 Å². The quantitative estimate of drug-likeness (QED) is 0.779. The molecule has 1 aliphatic rings. The van der Waals surface area contributed by atoms with Crippen LogP contribution in [0.5, 0.6) is 11.5 Å². The second-order valence-corrected chi connectivity index (χ2v) is 5.67. The largest absolute Gasteiger partial charge is 0.454 e. The number of hydrogen-bond donors (Lipinski definition) is 2. The third kappa shape index (κ3) is 2.73. The topological polar surface area (TPSA) is 63.4 Å². The van der Waals surface area contributed by atoms with Gasteiger partial charge in [-0.3, -0.25) is 4.79 Å². The maximum absolute atomic E-state index is 12.2. The molecule has 0 spiro atoms. The number of aromatic nitrogens is 1. The van der Waals surface area contributed by atoms with E-state index in [0.29, 0.717) is 23.6 Å². The molecule has 0 saturated heterocycles. The molecule has 0 bridgehead atoms. The van der Waals surface area contributed by atoms with Crippen molar-refractivity contribution >= 4 is 22.5 Å². The maximum atomic E-state index is 12.2. The van der Waals surface area contributed by atoms with E-state index in [-0.39, 0.29) is 12.7 Å². The van der Waals surface area contributed by atoms with Crippen molar-refractivity contribution in [1.82, 2.24) is 4.98 Å². The molecule has 5 heteroatoms. The van der Waals surface area contributed by atoms with Crippen molar-refractivity contribution in [1.29, 1.82) is 0 Å². The molecule has 3 aromatic rings. The molecule has 0 aliphatic carbocycles. The molecule has 5 nitrogen and oxygen atoms in total. The number of amides is 1. The van der Waals surface area contributed by atoms with E-state index in [1.54, 1.807) is 12.1 Å². The van der Waals surface area contributed by atoms with E-state index in [1.807, 2.05) is 31.2 Å². The first kappa shape index (κ1) is 13.7. The van der Waals surface area contributed by atoms with Crippen LogP contribution >= 0.6 is 0 Å². The van der Waals surface area contributed by atoms with E-state index < -0.39 is 0 Å². The molecule has 23 heavy (non-hydrogen) atoms. The van der Waals surface area contributed by atoms with Gasteiger partial charge in [0.2, 0.25) is 12.7 Å². The third-order valence-electron chi connectivity index (χ3n) is 3.84. The molecule has 2 aromatic carbocycles. The van der Waals surface area contributed by atoms with Crippen molar-refractivity contribution in [2.45, 2.75) is 13.3 Å². The molecule has 4 rings (SSSR count). The van der Waals surface area contributed by atoms with E-state index in [9.17, 15) is 4.79 Å². The fraction of sp³-hybridized carbons (Fsp3) is 0.167. The average Bonchev–Trinajstić information content (AvgIpc) is 3.11. The van der Waals surface area contributed by atoms with E-state index in [4.69, 9.17) is 9.47 Å². The molecule has 116 valence electrons. The van der Waals surface area contributed by atoms with Crippen molar-refractivity contribution in [2.24, 2.45) is 0 Å². The number of nitrogens with one attached hydrogen (secondary N) is 2. The van der Waals surface area contributed by atoms with Crippen LogP contribution in [0.15, 0.2) is 42.5 Å². The first-order chi connectivity index (χ1) is 11.2. The van der Waals surface area contributed by atoms with Crippen LogP contribution in [0.2, 0.25) is 0 Å². The Hall–Kier alpha value is -2.95. The van der Waals surface area contributed by atoms with Crippen LogP contribution in [0.25, 0.3) is 10.9 Å². The zero-order valence-electron chi connectivity index (χ0n) is 12.7. The molecule has 1 aliphatic heterocycles. The highest BCUT2D eigenvalue weighted by Gasteiger charge is 2.14. The van der Waals surface area contributed by atoms with Crippen molar-refractivity contribution in [3.05, 3.63) is 53.7 Å². The van der Waals surface area contributed by atoms with Gasteiger partial charge in [0.15, 0.2) is 11.5 Å². The SMILES string of the molecule is Cc1cc2cc(CC(=O)Nc3ccc4c(c3)OCO4)ccc2[nH]1. The fourth-order valence-corrected chi connectivity index (χ4v) is 2.80. The first-order valence-corrected chi connectivity index (χ1v) is 7.45. The van der Waals surface area contributed by atoms with Gasteiger partial charge in [0.1, 0.15) is 0 Å². The fourth-order valence-electron chi connectivity index (χ4n) is 2.80. The number of aromatic amines is 1. The predicted molar refractivity (Wildman–Crippen MR) is 87.9 cm³/mol. The number of H-pyrrole nitrogens is 1. The lowest BCUT2D eigenvalue weighted by molar-refractivity contribution is -0.115. The molecule has 1 aromatic heterocycles. The van der Waals surface area contributed by atoms with Crippen molar-refractivity contribution < 1.29 is 14.3 Å². The molecular weight excluding hydrogens is 292 g/mol. The lowest BCUT2D eigenvalue weighted by atomic mass is 10.1. The van der Waals surface area contributed by atoms with Crippen molar-refractivity contribution in [3.63, 3.8) is 0 Å². The van der Waals surface area contributed by atoms with E-state index >= 15 is 0 Å². The van der Waals surface area contributed by atoms with Gasteiger partial charge in [-0.05, 0) is 48.2 Å². The van der Waals surface area contributed by atoms with E-state index in [2.05, 4.69) is 16.4 Å². The molecule has 0 unspecified atom stereocenters. The maximum Gasteiger partial charge on any atom is 0.231 e. The standard InChI is InChI=1S/C18H16N2O3/c1-11-6-13-7-12(2-4-15(13)19-11)8-18(21)20-14-3-5-16-17(9-14)23-10-22-16/h2-7,9,19H,8,10H2,1H3,(H,20,21). The second kappa shape index (κ2) is 5.35. The van der Waals surface area contributed by atoms with E-state index in [0.717, 1.165) is 22.2 Å². The van der Waals surface area contributed by atoms with Gasteiger partial charge in [0, 0.05) is 23.0 Å². The summed E-state index contributed by atoms with van der Waals surface area (Å²) in [5.74, 6) is 1.30. The van der Waals surface area contributed by atoms with Crippen molar-refractivity contribution in [3.8, 4) is 11.5 Å². The van der Waals surface area contributed by atoms with Crippen molar-refractivity contribution in [2.75, 3.05) is 12.1 Å². The minimum Gasteiger partial charge on any atom is -0.454 e. The van der Waals surface area contributed by atoms with Gasteiger partial charge < -0.3 is 19.8 Å². The summed E-state index contributed by atoms with van der Waals surface area (Å²) in [7, 11) is 0. The van der Waals surface area contributed by atoms with Crippen LogP contribution in [0.4, 0.5) is 5.69 Å². The minimum absolute atomic E-state index is 0.0597. The summed E-state index contributed by atoms with van der Waals surface area (Å²) in [6.07, 6.45) is 0.328. The number of carbonyl (C=O) groups is 1. The number of hydrogen-bond acceptors (Lipinski definition) is 3. The Bertz CT molecular complexity index is 898. The zero-order valence-corrected chi connectivity index (χ0v) is 12.7. The van der Waals surface area contributed by atoms with Gasteiger partial charge in [0.05, 0.1) is 6.42 Å². The molecule has 0 saturated carbocycles. The number of aryl methyl sites for hydroxylation is 1. The number of fused-ring (bicyclic) bond motifs is 2. The average molecular weight is 308 g/mol. The molecule has 0 fully saturated rings. The number of carbonyl (C=O) groups excluding carboxylic acids is 1. The first-order valence-electron chi connectivity index (χ1n) is 7.45. The number of anilines is 1. The monoisotopic (exact) mass is 308 g/mol. The Balaban J connectivity index is 1.48. The molecule has 2 heterocycles. The van der Waals surface area contributed by atoms with Gasteiger partial charge in [0.25, 0.3) is 0 Å². The molecule has 0 atom stereocenters. The minimum atomic E-state index is -0.0597. The van der Waals surface area contributed by atoms with E-state index in [1.165, 1.54) is 0 Å². The van der Waals surface area contributed by atoms with Crippen LogP contribution in [0.1, 0.15) is 11.3 Å². The highest BCUT2D eigenvalue weighted by molar-refractivity contribution is 5.93. The number of rotatable bonds is 3. The Kier molecular flexibility index (Phi) is 3.19. The summed E-state index contributed by atoms with van der Waals surface area (Å²) < 4.78 is 10.6. The van der Waals surface area contributed by atoms with Gasteiger partial charge in [-0.15, -0.1) is 0 Å². The highest BCUT2D eigenvalue weighted by Crippen LogP contribution is 2.34. The second-order valence-electron chi connectivity index (χ2n) is 5.67. The van der Waals surface area contributed by atoms with Crippen LogP contribution in [-0.4, -0.2) is 17.7 Å². The Morgan fingerprint density at radius 1 is 1.13 bits per heavy atom. The Labute approximate surface area is 133 Å². The molecular formula is C18H16N2O3. The predicted octanol–water partition coefficient (Wildman–Crippen LogP) is 3.39. The summed E-state index contributed by atoms with van der Waals surface area (Å²) in [4.78, 5) is 15.5. The highest BCUT2D eigenvalue weighted by atomic mass is 16.7. The van der Waals surface area contributed by atoms with Crippen LogP contribution in [-0.2, 0) is 11.2 Å². The van der Waals surface area contributed by atoms with Gasteiger partial charge in [-0.25, -0.2) is 0 Å². The lowest BCUT2D eigenvalue weighted by Crippen LogP contribution is -2.14.